The van der Waals surface area contributed by atoms with Crippen LogP contribution in [0.3, 0.4) is 0 Å². The summed E-state index contributed by atoms with van der Waals surface area (Å²) in [5, 5.41) is 20.9. The molecule has 0 radical (unpaired) electrons. The molecular formula is C15H20N8O. The van der Waals surface area contributed by atoms with Gasteiger partial charge in [-0.25, -0.2) is 0 Å². The van der Waals surface area contributed by atoms with E-state index < -0.39 is 0 Å². The smallest absolute Gasteiger partial charge is 0.231 e. The summed E-state index contributed by atoms with van der Waals surface area (Å²) in [7, 11) is 1.62. The van der Waals surface area contributed by atoms with Gasteiger partial charge < -0.3 is 9.64 Å². The highest BCUT2D eigenvalue weighted by Gasteiger charge is 2.25. The molecule has 0 spiro atoms. The first-order valence-corrected chi connectivity index (χ1v) is 8.16. The molecule has 24 heavy (non-hydrogen) atoms. The molecule has 0 aromatic carbocycles. The van der Waals surface area contributed by atoms with Crippen molar-refractivity contribution in [2.45, 2.75) is 25.3 Å². The first-order chi connectivity index (χ1) is 11.8. The highest BCUT2D eigenvalue weighted by molar-refractivity contribution is 5.38. The first kappa shape index (κ1) is 15.0. The number of fused-ring (bicyclic) bond motifs is 1. The summed E-state index contributed by atoms with van der Waals surface area (Å²) in [6.07, 6.45) is 5.71. The summed E-state index contributed by atoms with van der Waals surface area (Å²) in [6.45, 7) is 3.94. The predicted molar refractivity (Wildman–Crippen MR) is 85.8 cm³/mol. The van der Waals surface area contributed by atoms with Crippen LogP contribution >= 0.6 is 0 Å². The number of hydrogen-bond acceptors (Lipinski definition) is 7. The standard InChI is InChI=1S/C15H20N8O/c1-24-14-3-2-13-17-18-15(23(13)19-14)12-4-7-21(8-5-12)10-11-22-9-6-16-20-22/h2-3,6,9,12H,4-5,7-8,10-11H2,1H3. The summed E-state index contributed by atoms with van der Waals surface area (Å²) in [4.78, 5) is 2.45. The monoisotopic (exact) mass is 328 g/mol. The Labute approximate surface area is 139 Å². The summed E-state index contributed by atoms with van der Waals surface area (Å²) >= 11 is 0. The fraction of sp³-hybridized carbons (Fsp3) is 0.533. The molecule has 1 aliphatic heterocycles. The summed E-state index contributed by atoms with van der Waals surface area (Å²) in [6, 6.07) is 3.69. The molecular weight excluding hydrogens is 308 g/mol. The van der Waals surface area contributed by atoms with E-state index in [1.807, 2.05) is 21.5 Å². The normalized spacial score (nSPS) is 16.7. The van der Waals surface area contributed by atoms with Crippen molar-refractivity contribution >= 4 is 5.65 Å². The molecule has 0 unspecified atom stereocenters. The Morgan fingerprint density at radius 2 is 2.04 bits per heavy atom. The Kier molecular flexibility index (Phi) is 4.08. The van der Waals surface area contributed by atoms with Gasteiger partial charge >= 0.3 is 0 Å². The fourth-order valence-corrected chi connectivity index (χ4v) is 3.16. The topological polar surface area (TPSA) is 86.3 Å². The van der Waals surface area contributed by atoms with Gasteiger partial charge in [-0.1, -0.05) is 5.21 Å². The SMILES string of the molecule is COc1ccc2nnc(C3CCN(CCn4ccnn4)CC3)n2n1. The molecule has 4 heterocycles. The molecule has 3 aromatic heterocycles. The van der Waals surface area contributed by atoms with Gasteiger partial charge in [-0.3, -0.25) is 4.68 Å². The van der Waals surface area contributed by atoms with Gasteiger partial charge in [0.05, 0.1) is 19.9 Å². The third-order valence-corrected chi connectivity index (χ3v) is 4.54. The third kappa shape index (κ3) is 2.94. The van der Waals surface area contributed by atoms with Crippen molar-refractivity contribution in [3.63, 3.8) is 0 Å². The maximum absolute atomic E-state index is 5.21. The van der Waals surface area contributed by atoms with Crippen molar-refractivity contribution in [2.75, 3.05) is 26.7 Å². The molecule has 0 saturated carbocycles. The van der Waals surface area contributed by atoms with Crippen LogP contribution in [0.15, 0.2) is 24.5 Å². The molecule has 9 nitrogen and oxygen atoms in total. The minimum atomic E-state index is 0.377. The lowest BCUT2D eigenvalue weighted by molar-refractivity contribution is 0.198. The van der Waals surface area contributed by atoms with Crippen molar-refractivity contribution in [3.8, 4) is 5.88 Å². The molecule has 1 aliphatic rings. The molecule has 0 atom stereocenters. The second-order valence-electron chi connectivity index (χ2n) is 5.99. The van der Waals surface area contributed by atoms with Gasteiger partial charge in [0, 0.05) is 24.7 Å². The molecule has 9 heteroatoms. The minimum Gasteiger partial charge on any atom is -0.480 e. The van der Waals surface area contributed by atoms with Crippen molar-refractivity contribution in [1.29, 1.82) is 0 Å². The average Bonchev–Trinajstić information content (AvgIpc) is 3.29. The van der Waals surface area contributed by atoms with E-state index in [9.17, 15) is 0 Å². The van der Waals surface area contributed by atoms with E-state index in [1.165, 1.54) is 0 Å². The molecule has 3 aromatic rings. The van der Waals surface area contributed by atoms with Crippen LogP contribution in [0.5, 0.6) is 5.88 Å². The maximum Gasteiger partial charge on any atom is 0.231 e. The highest BCUT2D eigenvalue weighted by atomic mass is 16.5. The summed E-state index contributed by atoms with van der Waals surface area (Å²) in [5.74, 6) is 1.89. The minimum absolute atomic E-state index is 0.377. The van der Waals surface area contributed by atoms with Gasteiger partial charge in [-0.2, -0.15) is 4.52 Å². The van der Waals surface area contributed by atoms with Crippen LogP contribution in [0.25, 0.3) is 5.65 Å². The van der Waals surface area contributed by atoms with E-state index in [1.54, 1.807) is 19.4 Å². The van der Waals surface area contributed by atoms with E-state index >= 15 is 0 Å². The van der Waals surface area contributed by atoms with E-state index in [0.717, 1.165) is 50.5 Å². The number of nitrogens with zero attached hydrogens (tertiary/aromatic N) is 8. The molecule has 0 N–H and O–H groups in total. The van der Waals surface area contributed by atoms with Gasteiger partial charge in [0.15, 0.2) is 11.5 Å². The lowest BCUT2D eigenvalue weighted by Crippen LogP contribution is -2.35. The number of methoxy groups -OCH3 is 1. The Balaban J connectivity index is 1.40. The third-order valence-electron chi connectivity index (χ3n) is 4.54. The molecule has 0 aliphatic carbocycles. The molecule has 1 fully saturated rings. The highest BCUT2D eigenvalue weighted by Crippen LogP contribution is 2.27. The molecule has 4 rings (SSSR count). The van der Waals surface area contributed by atoms with Crippen molar-refractivity contribution in [3.05, 3.63) is 30.4 Å². The van der Waals surface area contributed by atoms with Crippen molar-refractivity contribution < 1.29 is 4.74 Å². The quantitative estimate of drug-likeness (QED) is 0.678. The maximum atomic E-state index is 5.21. The number of rotatable bonds is 5. The fourth-order valence-electron chi connectivity index (χ4n) is 3.16. The Morgan fingerprint density at radius 3 is 2.79 bits per heavy atom. The second kappa shape index (κ2) is 6.52. The van der Waals surface area contributed by atoms with E-state index in [0.29, 0.717) is 11.8 Å². The van der Waals surface area contributed by atoms with Crippen LogP contribution in [0, 0.1) is 0 Å². The largest absolute Gasteiger partial charge is 0.480 e. The van der Waals surface area contributed by atoms with Crippen LogP contribution in [-0.4, -0.2) is 66.4 Å². The number of hydrogen-bond donors (Lipinski definition) is 0. The molecule has 0 bridgehead atoms. The number of ether oxygens (including phenoxy) is 1. The predicted octanol–water partition coefficient (Wildman–Crippen LogP) is 0.604. The molecule has 0 amide bonds. The van der Waals surface area contributed by atoms with Gasteiger partial charge in [-0.15, -0.1) is 20.4 Å². The van der Waals surface area contributed by atoms with Crippen molar-refractivity contribution in [2.24, 2.45) is 0 Å². The Hall–Kier alpha value is -2.55. The van der Waals surface area contributed by atoms with Crippen LogP contribution in [0.4, 0.5) is 0 Å². The van der Waals surface area contributed by atoms with Crippen LogP contribution in [-0.2, 0) is 6.54 Å². The second-order valence-corrected chi connectivity index (χ2v) is 5.99. The van der Waals surface area contributed by atoms with Gasteiger partial charge in [0.25, 0.3) is 0 Å². The van der Waals surface area contributed by atoms with E-state index in [4.69, 9.17) is 4.74 Å². The van der Waals surface area contributed by atoms with E-state index in [2.05, 4.69) is 30.5 Å². The van der Waals surface area contributed by atoms with Crippen LogP contribution < -0.4 is 4.74 Å². The number of piperidine rings is 1. The van der Waals surface area contributed by atoms with Crippen molar-refractivity contribution in [1.82, 2.24) is 39.7 Å². The average molecular weight is 328 g/mol. The zero-order chi connectivity index (χ0) is 16.4. The summed E-state index contributed by atoms with van der Waals surface area (Å²) in [5.41, 5.74) is 0.763. The first-order valence-electron chi connectivity index (χ1n) is 8.16. The summed E-state index contributed by atoms with van der Waals surface area (Å²) < 4.78 is 8.89. The Bertz CT molecular complexity index is 791. The lowest BCUT2D eigenvalue weighted by Gasteiger charge is -2.30. The van der Waals surface area contributed by atoms with E-state index in [-0.39, 0.29) is 0 Å². The van der Waals surface area contributed by atoms with Gasteiger partial charge in [-0.05, 0) is 32.0 Å². The van der Waals surface area contributed by atoms with Crippen LogP contribution in [0.2, 0.25) is 0 Å². The molecule has 126 valence electrons. The van der Waals surface area contributed by atoms with Crippen LogP contribution in [0.1, 0.15) is 24.6 Å². The molecule has 1 saturated heterocycles. The van der Waals surface area contributed by atoms with Gasteiger partial charge in [0.2, 0.25) is 5.88 Å². The zero-order valence-corrected chi connectivity index (χ0v) is 13.6. The number of likely N-dealkylation sites (tertiary alicyclic amines) is 1. The zero-order valence-electron chi connectivity index (χ0n) is 13.6. The number of aromatic nitrogens is 7. The Morgan fingerprint density at radius 1 is 1.17 bits per heavy atom. The lowest BCUT2D eigenvalue weighted by atomic mass is 9.96. The van der Waals surface area contributed by atoms with Gasteiger partial charge in [0.1, 0.15) is 0 Å².